The second-order valence-electron chi connectivity index (χ2n) is 7.51. The molecule has 148 valence electrons. The van der Waals surface area contributed by atoms with Crippen LogP contribution in [0.25, 0.3) is 0 Å². The number of hydrogen-bond donors (Lipinski definition) is 0. The molecule has 0 N–H and O–H groups in total. The highest BCUT2D eigenvalue weighted by Gasteiger charge is 2.29. The molecule has 1 aromatic heterocycles. The first-order chi connectivity index (χ1) is 13.6. The number of rotatable bonds is 5. The van der Waals surface area contributed by atoms with Crippen LogP contribution in [0.1, 0.15) is 39.6 Å². The molecular weight excluding hydrogens is 372 g/mol. The van der Waals surface area contributed by atoms with Crippen molar-refractivity contribution in [3.8, 4) is 11.5 Å². The summed E-state index contributed by atoms with van der Waals surface area (Å²) < 4.78 is 12.0. The Morgan fingerprint density at radius 2 is 2.04 bits per heavy atom. The lowest BCUT2D eigenvalue weighted by molar-refractivity contribution is 0.0424. The normalized spacial score (nSPS) is 20.8. The number of thiazole rings is 1. The summed E-state index contributed by atoms with van der Waals surface area (Å²) in [7, 11) is 0. The van der Waals surface area contributed by atoms with Crippen LogP contribution in [-0.2, 0) is 0 Å². The topological polar surface area (TPSA) is 51.7 Å². The molecule has 1 aliphatic carbocycles. The molecule has 0 radical (unpaired) electrons. The average molecular weight is 399 g/mol. The predicted molar refractivity (Wildman–Crippen MR) is 110 cm³/mol. The molecule has 2 atom stereocenters. The lowest BCUT2D eigenvalue weighted by atomic mass is 9.93. The highest BCUT2D eigenvalue weighted by Crippen LogP contribution is 2.31. The van der Waals surface area contributed by atoms with Crippen LogP contribution in [0.15, 0.2) is 36.4 Å². The Morgan fingerprint density at radius 1 is 1.21 bits per heavy atom. The van der Waals surface area contributed by atoms with Crippen molar-refractivity contribution in [3.05, 3.63) is 52.0 Å². The number of allylic oxidation sites excluding steroid dienone is 2. The minimum Gasteiger partial charge on any atom is -0.486 e. The monoisotopic (exact) mass is 398 g/mol. The Bertz CT molecular complexity index is 876. The van der Waals surface area contributed by atoms with Gasteiger partial charge in [0.1, 0.15) is 11.5 Å². The van der Waals surface area contributed by atoms with Crippen molar-refractivity contribution in [1.29, 1.82) is 0 Å². The largest absolute Gasteiger partial charge is 0.486 e. The summed E-state index contributed by atoms with van der Waals surface area (Å²) in [5.74, 6) is 2.06. The van der Waals surface area contributed by atoms with Crippen LogP contribution in [-0.4, -0.2) is 41.6 Å². The van der Waals surface area contributed by atoms with Gasteiger partial charge in [-0.1, -0.05) is 24.3 Å². The van der Waals surface area contributed by atoms with E-state index in [9.17, 15) is 4.79 Å². The number of benzene rings is 1. The number of para-hydroxylation sites is 2. The van der Waals surface area contributed by atoms with Gasteiger partial charge in [0.15, 0.2) is 17.6 Å². The van der Waals surface area contributed by atoms with E-state index in [1.54, 1.807) is 0 Å². The molecule has 2 aromatic rings. The lowest BCUT2D eigenvalue weighted by Gasteiger charge is -2.33. The first-order valence-electron chi connectivity index (χ1n) is 9.87. The smallest absolute Gasteiger partial charge is 0.265 e. The van der Waals surface area contributed by atoms with Crippen molar-refractivity contribution >= 4 is 17.2 Å². The Morgan fingerprint density at radius 3 is 2.75 bits per heavy atom. The number of aryl methyl sites for hydroxylation is 2. The number of ether oxygens (including phenoxy) is 2. The third-order valence-corrected chi connectivity index (χ3v) is 6.29. The highest BCUT2D eigenvalue weighted by molar-refractivity contribution is 7.13. The molecule has 1 aliphatic heterocycles. The summed E-state index contributed by atoms with van der Waals surface area (Å²) in [4.78, 5) is 20.5. The fourth-order valence-corrected chi connectivity index (χ4v) is 4.73. The van der Waals surface area contributed by atoms with Gasteiger partial charge in [0.05, 0.1) is 17.2 Å². The van der Waals surface area contributed by atoms with Gasteiger partial charge in [-0.3, -0.25) is 4.79 Å². The maximum atomic E-state index is 13.4. The molecule has 0 unspecified atom stereocenters. The first-order valence-corrected chi connectivity index (χ1v) is 10.7. The second kappa shape index (κ2) is 8.35. The van der Waals surface area contributed by atoms with E-state index in [2.05, 4.69) is 17.1 Å². The third-order valence-electron chi connectivity index (χ3n) is 5.23. The van der Waals surface area contributed by atoms with Gasteiger partial charge in [-0.2, -0.15) is 0 Å². The van der Waals surface area contributed by atoms with Gasteiger partial charge in [0.25, 0.3) is 5.91 Å². The van der Waals surface area contributed by atoms with E-state index >= 15 is 0 Å². The molecule has 0 fully saturated rings. The Kier molecular flexibility index (Phi) is 5.67. The Hall–Kier alpha value is -2.34. The summed E-state index contributed by atoms with van der Waals surface area (Å²) in [6, 6.07) is 7.69. The maximum Gasteiger partial charge on any atom is 0.265 e. The van der Waals surface area contributed by atoms with Crippen molar-refractivity contribution in [2.24, 2.45) is 5.92 Å². The van der Waals surface area contributed by atoms with Crippen molar-refractivity contribution in [3.63, 3.8) is 0 Å². The minimum absolute atomic E-state index is 0.0557. The van der Waals surface area contributed by atoms with Crippen molar-refractivity contribution in [1.82, 2.24) is 9.88 Å². The zero-order valence-electron chi connectivity index (χ0n) is 16.4. The molecule has 0 bridgehead atoms. The Balaban J connectivity index is 1.52. The SMILES string of the molecule is Cc1nc(C)c(C(=O)N(C[C@@H]2CC=CCC2)C[C@H]2COc3ccccc3O2)s1. The van der Waals surface area contributed by atoms with Crippen LogP contribution in [0.4, 0.5) is 0 Å². The van der Waals surface area contributed by atoms with E-state index < -0.39 is 0 Å². The molecule has 2 aliphatic rings. The fourth-order valence-electron chi connectivity index (χ4n) is 3.85. The average Bonchev–Trinajstić information content (AvgIpc) is 3.05. The van der Waals surface area contributed by atoms with Crippen LogP contribution in [0.2, 0.25) is 0 Å². The molecule has 28 heavy (non-hydrogen) atoms. The number of amides is 1. The van der Waals surface area contributed by atoms with E-state index in [1.165, 1.54) is 11.3 Å². The van der Waals surface area contributed by atoms with E-state index in [4.69, 9.17) is 9.47 Å². The van der Waals surface area contributed by atoms with E-state index in [0.717, 1.165) is 52.9 Å². The number of carbonyl (C=O) groups excluding carboxylic acids is 1. The molecule has 4 rings (SSSR count). The summed E-state index contributed by atoms with van der Waals surface area (Å²) in [5.41, 5.74) is 0.812. The Labute approximate surface area is 170 Å². The fraction of sp³-hybridized carbons (Fsp3) is 0.455. The van der Waals surface area contributed by atoms with Gasteiger partial charge in [0, 0.05) is 6.54 Å². The van der Waals surface area contributed by atoms with Crippen LogP contribution >= 0.6 is 11.3 Å². The van der Waals surface area contributed by atoms with E-state index in [-0.39, 0.29) is 12.0 Å². The van der Waals surface area contributed by atoms with Gasteiger partial charge < -0.3 is 14.4 Å². The quantitative estimate of drug-likeness (QED) is 0.701. The highest BCUT2D eigenvalue weighted by atomic mass is 32.1. The van der Waals surface area contributed by atoms with Gasteiger partial charge in [-0.05, 0) is 51.2 Å². The first kappa shape index (κ1) is 19.0. The molecule has 5 nitrogen and oxygen atoms in total. The second-order valence-corrected chi connectivity index (χ2v) is 8.71. The van der Waals surface area contributed by atoms with Crippen LogP contribution in [0, 0.1) is 19.8 Å². The molecule has 6 heteroatoms. The minimum atomic E-state index is -0.174. The predicted octanol–water partition coefficient (Wildman–Crippen LogP) is 4.40. The van der Waals surface area contributed by atoms with E-state index in [0.29, 0.717) is 19.1 Å². The number of aromatic nitrogens is 1. The number of hydrogen-bond acceptors (Lipinski definition) is 5. The molecule has 0 saturated carbocycles. The standard InChI is InChI=1S/C22H26N2O3S/c1-15-21(28-16(2)23-15)22(25)24(12-17-8-4-3-5-9-17)13-18-14-26-19-10-6-7-11-20(19)27-18/h3-4,6-7,10-11,17-18H,5,8-9,12-14H2,1-2H3/t17-,18+/m1/s1. The summed E-state index contributed by atoms with van der Waals surface area (Å²) >= 11 is 1.48. The third kappa shape index (κ3) is 4.22. The number of nitrogens with zero attached hydrogens (tertiary/aromatic N) is 2. The zero-order valence-corrected chi connectivity index (χ0v) is 17.2. The van der Waals surface area contributed by atoms with Gasteiger partial charge >= 0.3 is 0 Å². The zero-order chi connectivity index (χ0) is 19.5. The van der Waals surface area contributed by atoms with Crippen LogP contribution in [0.3, 0.4) is 0 Å². The van der Waals surface area contributed by atoms with E-state index in [1.807, 2.05) is 43.0 Å². The number of fused-ring (bicyclic) bond motifs is 1. The van der Waals surface area contributed by atoms with Crippen molar-refractivity contribution in [2.45, 2.75) is 39.2 Å². The van der Waals surface area contributed by atoms with Crippen molar-refractivity contribution < 1.29 is 14.3 Å². The molecule has 1 amide bonds. The lowest BCUT2D eigenvalue weighted by Crippen LogP contribution is -2.45. The maximum absolute atomic E-state index is 13.4. The van der Waals surface area contributed by atoms with Gasteiger partial charge in [-0.15, -0.1) is 11.3 Å². The number of carbonyl (C=O) groups is 1. The van der Waals surface area contributed by atoms with Crippen molar-refractivity contribution in [2.75, 3.05) is 19.7 Å². The van der Waals surface area contributed by atoms with Gasteiger partial charge in [-0.25, -0.2) is 4.98 Å². The molecule has 1 aromatic carbocycles. The van der Waals surface area contributed by atoms with Gasteiger partial charge in [0.2, 0.25) is 0 Å². The molecule has 0 saturated heterocycles. The van der Waals surface area contributed by atoms with Crippen LogP contribution in [0.5, 0.6) is 11.5 Å². The summed E-state index contributed by atoms with van der Waals surface area (Å²) in [6.45, 7) is 5.56. The van der Waals surface area contributed by atoms with Crippen LogP contribution < -0.4 is 9.47 Å². The summed E-state index contributed by atoms with van der Waals surface area (Å²) in [6.07, 6.45) is 7.51. The molecule has 2 heterocycles. The summed E-state index contributed by atoms with van der Waals surface area (Å²) in [5, 5.41) is 0.924. The molecular formula is C22H26N2O3S. The molecule has 0 spiro atoms.